The average molecular weight is 253 g/mol. The first-order valence-electron chi connectivity index (χ1n) is 3.38. The normalized spacial score (nSPS) is 10.8. The number of nitrogens with zero attached hydrogens (tertiary/aromatic N) is 1. The molecule has 0 radical (unpaired) electrons. The van der Waals surface area contributed by atoms with Gasteiger partial charge in [-0.1, -0.05) is 15.9 Å². The smallest absolute Gasteiger partial charge is 0.282 e. The van der Waals surface area contributed by atoms with Crippen LogP contribution in [0.5, 0.6) is 5.75 Å². The molecule has 6 heteroatoms. The summed E-state index contributed by atoms with van der Waals surface area (Å²) in [6, 6.07) is 0. The maximum Gasteiger partial charge on any atom is 0.282 e. The van der Waals surface area contributed by atoms with Crippen LogP contribution in [0.15, 0.2) is 6.20 Å². The number of nitrogen functional groups attached to an aromatic ring is 1. The Morgan fingerprint density at radius 2 is 2.23 bits per heavy atom. The Morgan fingerprint density at radius 1 is 1.62 bits per heavy atom. The number of hydrogen-bond donors (Lipinski definition) is 2. The van der Waals surface area contributed by atoms with Gasteiger partial charge in [-0.15, -0.1) is 0 Å². The lowest BCUT2D eigenvalue weighted by Crippen LogP contribution is -2.02. The summed E-state index contributed by atoms with van der Waals surface area (Å²) >= 11 is 3.03. The van der Waals surface area contributed by atoms with Crippen molar-refractivity contribution in [1.82, 2.24) is 4.98 Å². The standard InChI is InChI=1S/C7H7BrF2N2O/c8-1-3-4(13)2-12-6(5(3)11)7(9)10/h2,7,13H,1,11H2. The van der Waals surface area contributed by atoms with E-state index in [1.165, 1.54) is 0 Å². The molecule has 0 spiro atoms. The maximum atomic E-state index is 12.2. The van der Waals surface area contributed by atoms with Gasteiger partial charge in [-0.05, 0) is 0 Å². The minimum Gasteiger partial charge on any atom is -0.506 e. The predicted molar refractivity (Wildman–Crippen MR) is 47.9 cm³/mol. The predicted octanol–water partition coefficient (Wildman–Crippen LogP) is 2.20. The summed E-state index contributed by atoms with van der Waals surface area (Å²) in [4.78, 5) is 3.34. The highest BCUT2D eigenvalue weighted by Crippen LogP contribution is 2.31. The van der Waals surface area contributed by atoms with Crippen molar-refractivity contribution in [2.45, 2.75) is 11.8 Å². The van der Waals surface area contributed by atoms with Crippen LogP contribution in [0.1, 0.15) is 17.7 Å². The van der Waals surface area contributed by atoms with Gasteiger partial charge in [-0.2, -0.15) is 0 Å². The van der Waals surface area contributed by atoms with E-state index in [0.717, 1.165) is 6.20 Å². The second kappa shape index (κ2) is 3.87. The van der Waals surface area contributed by atoms with Gasteiger partial charge in [0.1, 0.15) is 11.4 Å². The average Bonchev–Trinajstić information content (AvgIpc) is 2.04. The molecule has 0 saturated carbocycles. The molecule has 0 aliphatic carbocycles. The Morgan fingerprint density at radius 3 is 2.69 bits per heavy atom. The largest absolute Gasteiger partial charge is 0.506 e. The molecule has 0 atom stereocenters. The molecule has 0 aromatic carbocycles. The van der Waals surface area contributed by atoms with Crippen LogP contribution in [0.4, 0.5) is 14.5 Å². The third-order valence-corrected chi connectivity index (χ3v) is 2.14. The number of anilines is 1. The van der Waals surface area contributed by atoms with Crippen LogP contribution in [0.25, 0.3) is 0 Å². The molecule has 0 aliphatic rings. The van der Waals surface area contributed by atoms with Gasteiger partial charge in [-0.3, -0.25) is 0 Å². The highest BCUT2D eigenvalue weighted by Gasteiger charge is 2.17. The summed E-state index contributed by atoms with van der Waals surface area (Å²) in [7, 11) is 0. The molecule has 0 aliphatic heterocycles. The van der Waals surface area contributed by atoms with Gasteiger partial charge in [0.2, 0.25) is 0 Å². The van der Waals surface area contributed by atoms with Crippen LogP contribution in [-0.4, -0.2) is 10.1 Å². The van der Waals surface area contributed by atoms with Gasteiger partial charge in [0.05, 0.1) is 11.9 Å². The van der Waals surface area contributed by atoms with Crippen molar-refractivity contribution >= 4 is 21.6 Å². The molecule has 3 N–H and O–H groups in total. The molecule has 0 fully saturated rings. The number of alkyl halides is 3. The van der Waals surface area contributed by atoms with Crippen LogP contribution in [0, 0.1) is 0 Å². The topological polar surface area (TPSA) is 59.1 Å². The molecule has 1 rings (SSSR count). The molecular formula is C7H7BrF2N2O. The molecule has 3 nitrogen and oxygen atoms in total. The van der Waals surface area contributed by atoms with Crippen molar-refractivity contribution < 1.29 is 13.9 Å². The lowest BCUT2D eigenvalue weighted by atomic mass is 10.2. The second-order valence-corrected chi connectivity index (χ2v) is 2.92. The molecule has 0 amide bonds. The lowest BCUT2D eigenvalue weighted by molar-refractivity contribution is 0.147. The quantitative estimate of drug-likeness (QED) is 0.794. The van der Waals surface area contributed by atoms with Crippen molar-refractivity contribution in [2.24, 2.45) is 0 Å². The fourth-order valence-corrected chi connectivity index (χ4v) is 1.47. The molecule has 72 valence electrons. The molecule has 1 heterocycles. The van der Waals surface area contributed by atoms with Crippen molar-refractivity contribution in [3.8, 4) is 5.75 Å². The number of rotatable bonds is 2. The van der Waals surface area contributed by atoms with E-state index in [9.17, 15) is 13.9 Å². The summed E-state index contributed by atoms with van der Waals surface area (Å²) < 4.78 is 24.5. The van der Waals surface area contributed by atoms with Crippen LogP contribution in [0.2, 0.25) is 0 Å². The van der Waals surface area contributed by atoms with Crippen molar-refractivity contribution in [3.05, 3.63) is 17.5 Å². The second-order valence-electron chi connectivity index (χ2n) is 2.36. The first-order chi connectivity index (χ1) is 6.07. The van der Waals surface area contributed by atoms with E-state index in [1.807, 2.05) is 0 Å². The van der Waals surface area contributed by atoms with E-state index in [4.69, 9.17) is 5.73 Å². The van der Waals surface area contributed by atoms with Gasteiger partial charge in [0.15, 0.2) is 0 Å². The number of pyridine rings is 1. The summed E-state index contributed by atoms with van der Waals surface area (Å²) in [5.74, 6) is -0.182. The Balaban J connectivity index is 3.27. The van der Waals surface area contributed by atoms with Gasteiger partial charge in [0.25, 0.3) is 6.43 Å². The van der Waals surface area contributed by atoms with Gasteiger partial charge in [0, 0.05) is 10.9 Å². The number of halogens is 3. The molecular weight excluding hydrogens is 246 g/mol. The van der Waals surface area contributed by atoms with Crippen LogP contribution in [-0.2, 0) is 5.33 Å². The zero-order valence-electron chi connectivity index (χ0n) is 6.47. The van der Waals surface area contributed by atoms with E-state index in [0.29, 0.717) is 0 Å². The Hall–Kier alpha value is -0.910. The van der Waals surface area contributed by atoms with Gasteiger partial charge >= 0.3 is 0 Å². The fraction of sp³-hybridized carbons (Fsp3) is 0.286. The fourth-order valence-electron chi connectivity index (χ4n) is 0.885. The number of aromatic hydroxyl groups is 1. The zero-order chi connectivity index (χ0) is 10.0. The van der Waals surface area contributed by atoms with E-state index < -0.39 is 12.1 Å². The number of aromatic nitrogens is 1. The van der Waals surface area contributed by atoms with E-state index in [-0.39, 0.29) is 22.3 Å². The van der Waals surface area contributed by atoms with Crippen LogP contribution >= 0.6 is 15.9 Å². The number of hydrogen-bond acceptors (Lipinski definition) is 3. The summed E-state index contributed by atoms with van der Waals surface area (Å²) in [5, 5.41) is 9.40. The zero-order valence-corrected chi connectivity index (χ0v) is 8.05. The Labute approximate surface area is 81.7 Å². The minimum absolute atomic E-state index is 0.160. The molecule has 0 bridgehead atoms. The molecule has 0 saturated heterocycles. The first kappa shape index (κ1) is 10.2. The van der Waals surface area contributed by atoms with Crippen molar-refractivity contribution in [2.75, 3.05) is 5.73 Å². The highest BCUT2D eigenvalue weighted by molar-refractivity contribution is 9.08. The highest BCUT2D eigenvalue weighted by atomic mass is 79.9. The lowest BCUT2D eigenvalue weighted by Gasteiger charge is -2.08. The molecule has 1 aromatic rings. The van der Waals surface area contributed by atoms with Gasteiger partial charge in [-0.25, -0.2) is 13.8 Å². The first-order valence-corrected chi connectivity index (χ1v) is 4.50. The Kier molecular flexibility index (Phi) is 3.02. The summed E-state index contributed by atoms with van der Waals surface area (Å²) in [6.07, 6.45) is -1.76. The third kappa shape index (κ3) is 1.88. The minimum atomic E-state index is -2.72. The SMILES string of the molecule is Nc1c(C(F)F)ncc(O)c1CBr. The van der Waals surface area contributed by atoms with Crippen LogP contribution in [0.3, 0.4) is 0 Å². The Bertz CT molecular complexity index is 320. The molecule has 13 heavy (non-hydrogen) atoms. The monoisotopic (exact) mass is 252 g/mol. The summed E-state index contributed by atoms with van der Waals surface area (Å²) in [6.45, 7) is 0. The molecule has 0 unspecified atom stereocenters. The van der Waals surface area contributed by atoms with Crippen LogP contribution < -0.4 is 5.73 Å². The van der Waals surface area contributed by atoms with E-state index in [2.05, 4.69) is 20.9 Å². The third-order valence-electron chi connectivity index (χ3n) is 1.58. The molecule has 1 aromatic heterocycles. The van der Waals surface area contributed by atoms with Crippen molar-refractivity contribution in [1.29, 1.82) is 0 Å². The van der Waals surface area contributed by atoms with E-state index >= 15 is 0 Å². The maximum absolute atomic E-state index is 12.2. The van der Waals surface area contributed by atoms with E-state index in [1.54, 1.807) is 0 Å². The van der Waals surface area contributed by atoms with Gasteiger partial charge < -0.3 is 10.8 Å². The summed E-state index contributed by atoms with van der Waals surface area (Å²) in [5.41, 5.74) is 4.95. The number of nitrogens with two attached hydrogens (primary N) is 1. The van der Waals surface area contributed by atoms with Crippen molar-refractivity contribution in [3.63, 3.8) is 0 Å².